The van der Waals surface area contributed by atoms with Gasteiger partial charge >= 0.3 is 6.09 Å². The number of rotatable bonds is 15. The number of aryl methyl sites for hydroxylation is 1. The summed E-state index contributed by atoms with van der Waals surface area (Å²) in [6.45, 7) is 6.44. The first-order valence-corrected chi connectivity index (χ1v) is 18.6. The molecular weight excluding hydrogens is 665 g/mol. The van der Waals surface area contributed by atoms with Crippen LogP contribution in [0.25, 0.3) is 0 Å². The Labute approximate surface area is 313 Å². The van der Waals surface area contributed by atoms with E-state index in [-0.39, 0.29) is 23.6 Å². The second kappa shape index (κ2) is 18.9. The van der Waals surface area contributed by atoms with Crippen LogP contribution in [-0.4, -0.2) is 59.5 Å². The normalized spacial score (nSPS) is 14.5. The number of nitrogens with zero attached hydrogens (tertiary/aromatic N) is 1. The SMILES string of the molecule is CC(C)(C)OC(=O)N[C@@H](CCCCNC(=O)[C@@H]1Cc2ccccc2CN1C(=O)CCc1ccccc1)C(=O)NCC(c1ccccc1)c1ccccc1. The maximum atomic E-state index is 13.6. The Morgan fingerprint density at radius 2 is 1.34 bits per heavy atom. The summed E-state index contributed by atoms with van der Waals surface area (Å²) < 4.78 is 5.49. The molecular formula is C44H52N4O5. The van der Waals surface area contributed by atoms with E-state index in [4.69, 9.17) is 4.74 Å². The molecule has 0 radical (unpaired) electrons. The fourth-order valence-corrected chi connectivity index (χ4v) is 6.71. The summed E-state index contributed by atoms with van der Waals surface area (Å²) in [5.41, 5.74) is 4.64. The molecule has 0 unspecified atom stereocenters. The summed E-state index contributed by atoms with van der Waals surface area (Å²) in [5.74, 6) is -0.619. The number of hydrogen-bond acceptors (Lipinski definition) is 5. The van der Waals surface area contributed by atoms with Gasteiger partial charge in [0.2, 0.25) is 17.7 Å². The minimum absolute atomic E-state index is 0.0488. The van der Waals surface area contributed by atoms with Gasteiger partial charge in [0, 0.05) is 38.4 Å². The number of unbranched alkanes of at least 4 members (excludes halogenated alkanes) is 1. The minimum Gasteiger partial charge on any atom is -0.444 e. The van der Waals surface area contributed by atoms with Crippen LogP contribution in [0.2, 0.25) is 0 Å². The van der Waals surface area contributed by atoms with Crippen LogP contribution in [0.1, 0.15) is 80.2 Å². The van der Waals surface area contributed by atoms with Crippen LogP contribution < -0.4 is 16.0 Å². The van der Waals surface area contributed by atoms with Gasteiger partial charge in [-0.2, -0.15) is 0 Å². The Morgan fingerprint density at radius 1 is 0.755 bits per heavy atom. The molecule has 0 spiro atoms. The highest BCUT2D eigenvalue weighted by Gasteiger charge is 2.34. The molecule has 1 heterocycles. The summed E-state index contributed by atoms with van der Waals surface area (Å²) in [4.78, 5) is 55.3. The standard InChI is InChI=1S/C44H52N4O5/c1-44(2,3)53-43(52)47-38(41(50)46-30-37(33-19-9-5-10-20-33)34-21-11-6-12-22-34)25-15-16-28-45-42(51)39-29-35-23-13-14-24-36(35)31-48(39)40(49)27-26-32-17-7-4-8-18-32/h4-14,17-24,37-39H,15-16,25-31H2,1-3H3,(H,45,51)(H,46,50)(H,47,52)/t38-,39-/m0/s1. The van der Waals surface area contributed by atoms with Gasteiger partial charge in [0.15, 0.2) is 0 Å². The van der Waals surface area contributed by atoms with Crippen LogP contribution in [-0.2, 0) is 38.5 Å². The fourth-order valence-electron chi connectivity index (χ4n) is 6.71. The van der Waals surface area contributed by atoms with Gasteiger partial charge in [-0.15, -0.1) is 0 Å². The predicted molar refractivity (Wildman–Crippen MR) is 207 cm³/mol. The van der Waals surface area contributed by atoms with Crippen molar-refractivity contribution in [2.24, 2.45) is 0 Å². The van der Waals surface area contributed by atoms with Gasteiger partial charge in [-0.05, 0) is 74.3 Å². The molecule has 4 aromatic rings. The molecule has 2 atom stereocenters. The average Bonchev–Trinajstić information content (AvgIpc) is 3.16. The van der Waals surface area contributed by atoms with Crippen LogP contribution in [0.5, 0.6) is 0 Å². The first-order chi connectivity index (χ1) is 25.6. The number of hydrogen-bond donors (Lipinski definition) is 3. The minimum atomic E-state index is -0.833. The molecule has 0 bridgehead atoms. The first-order valence-electron chi connectivity index (χ1n) is 18.6. The summed E-state index contributed by atoms with van der Waals surface area (Å²) in [6.07, 6.45) is 2.20. The van der Waals surface area contributed by atoms with Crippen LogP contribution in [0.4, 0.5) is 4.79 Å². The molecule has 0 saturated heterocycles. The molecule has 9 nitrogen and oxygen atoms in total. The highest BCUT2D eigenvalue weighted by molar-refractivity contribution is 5.88. The van der Waals surface area contributed by atoms with E-state index in [1.54, 1.807) is 25.7 Å². The van der Waals surface area contributed by atoms with Crippen LogP contribution in [0, 0.1) is 0 Å². The van der Waals surface area contributed by atoms with E-state index >= 15 is 0 Å². The van der Waals surface area contributed by atoms with Crippen molar-refractivity contribution < 1.29 is 23.9 Å². The second-order valence-electron chi connectivity index (χ2n) is 14.6. The molecule has 4 amide bonds. The van der Waals surface area contributed by atoms with Gasteiger partial charge in [-0.3, -0.25) is 14.4 Å². The van der Waals surface area contributed by atoms with Gasteiger partial charge in [-0.25, -0.2) is 4.79 Å². The predicted octanol–water partition coefficient (Wildman–Crippen LogP) is 6.70. The molecule has 9 heteroatoms. The summed E-state index contributed by atoms with van der Waals surface area (Å²) in [6, 6.07) is 36.4. The lowest BCUT2D eigenvalue weighted by Crippen LogP contribution is -2.52. The molecule has 53 heavy (non-hydrogen) atoms. The molecule has 5 rings (SSSR count). The van der Waals surface area contributed by atoms with Crippen molar-refractivity contribution in [1.82, 2.24) is 20.9 Å². The summed E-state index contributed by atoms with van der Waals surface area (Å²) in [5, 5.41) is 8.90. The topological polar surface area (TPSA) is 117 Å². The molecule has 0 saturated carbocycles. The van der Waals surface area contributed by atoms with E-state index in [1.165, 1.54) is 0 Å². The Kier molecular flexibility index (Phi) is 13.8. The van der Waals surface area contributed by atoms with E-state index in [0.29, 0.717) is 58.2 Å². The first kappa shape index (κ1) is 38.8. The van der Waals surface area contributed by atoms with Crippen molar-refractivity contribution in [2.45, 2.75) is 89.4 Å². The van der Waals surface area contributed by atoms with Crippen molar-refractivity contribution in [1.29, 1.82) is 0 Å². The third-order valence-corrected chi connectivity index (χ3v) is 9.45. The second-order valence-corrected chi connectivity index (χ2v) is 14.6. The number of ether oxygens (including phenoxy) is 1. The lowest BCUT2D eigenvalue weighted by Gasteiger charge is -2.36. The lowest BCUT2D eigenvalue weighted by molar-refractivity contribution is -0.141. The van der Waals surface area contributed by atoms with Gasteiger partial charge in [0.25, 0.3) is 0 Å². The zero-order valence-corrected chi connectivity index (χ0v) is 31.1. The van der Waals surface area contributed by atoms with Gasteiger partial charge < -0.3 is 25.6 Å². The quantitative estimate of drug-likeness (QED) is 0.119. The van der Waals surface area contributed by atoms with Crippen molar-refractivity contribution in [3.8, 4) is 0 Å². The van der Waals surface area contributed by atoms with Crippen molar-refractivity contribution in [3.63, 3.8) is 0 Å². The number of benzene rings is 4. The summed E-state index contributed by atoms with van der Waals surface area (Å²) >= 11 is 0. The Bertz CT molecular complexity index is 1750. The third kappa shape index (κ3) is 11.8. The van der Waals surface area contributed by atoms with E-state index in [9.17, 15) is 19.2 Å². The fraction of sp³-hybridized carbons (Fsp3) is 0.364. The van der Waals surface area contributed by atoms with Crippen molar-refractivity contribution in [3.05, 3.63) is 143 Å². The van der Waals surface area contributed by atoms with Crippen molar-refractivity contribution in [2.75, 3.05) is 13.1 Å². The van der Waals surface area contributed by atoms with E-state index < -0.39 is 23.8 Å². The average molecular weight is 717 g/mol. The molecule has 278 valence electrons. The van der Waals surface area contributed by atoms with Crippen LogP contribution in [0.3, 0.4) is 0 Å². The number of carbonyl (C=O) groups is 4. The lowest BCUT2D eigenvalue weighted by atomic mass is 9.91. The highest BCUT2D eigenvalue weighted by Crippen LogP contribution is 2.26. The van der Waals surface area contributed by atoms with E-state index in [0.717, 1.165) is 27.8 Å². The number of amides is 4. The molecule has 0 aliphatic carbocycles. The number of alkyl carbamates (subject to hydrolysis) is 1. The van der Waals surface area contributed by atoms with E-state index in [1.807, 2.05) is 115 Å². The maximum Gasteiger partial charge on any atom is 0.408 e. The molecule has 1 aliphatic rings. The number of carbonyl (C=O) groups excluding carboxylic acids is 4. The monoisotopic (exact) mass is 716 g/mol. The van der Waals surface area contributed by atoms with E-state index in [2.05, 4.69) is 16.0 Å². The zero-order chi connectivity index (χ0) is 37.6. The zero-order valence-electron chi connectivity index (χ0n) is 31.1. The Balaban J connectivity index is 1.18. The van der Waals surface area contributed by atoms with Crippen LogP contribution in [0.15, 0.2) is 115 Å². The smallest absolute Gasteiger partial charge is 0.408 e. The third-order valence-electron chi connectivity index (χ3n) is 9.45. The molecule has 1 aliphatic heterocycles. The molecule has 0 aromatic heterocycles. The van der Waals surface area contributed by atoms with Crippen LogP contribution >= 0.6 is 0 Å². The van der Waals surface area contributed by atoms with Gasteiger partial charge in [-0.1, -0.05) is 115 Å². The highest BCUT2D eigenvalue weighted by atomic mass is 16.6. The maximum absolute atomic E-state index is 13.6. The molecule has 4 aromatic carbocycles. The number of fused-ring (bicyclic) bond motifs is 1. The summed E-state index contributed by atoms with van der Waals surface area (Å²) in [7, 11) is 0. The molecule has 0 fully saturated rings. The Hall–Kier alpha value is -5.44. The van der Waals surface area contributed by atoms with Gasteiger partial charge in [0.05, 0.1) is 0 Å². The van der Waals surface area contributed by atoms with Crippen molar-refractivity contribution >= 4 is 23.8 Å². The van der Waals surface area contributed by atoms with Gasteiger partial charge in [0.1, 0.15) is 17.7 Å². The largest absolute Gasteiger partial charge is 0.444 e. The Morgan fingerprint density at radius 3 is 1.96 bits per heavy atom. The number of nitrogens with one attached hydrogen (secondary N) is 3. The molecule has 3 N–H and O–H groups in total.